The zero-order chi connectivity index (χ0) is 18.5. The van der Waals surface area contributed by atoms with Gasteiger partial charge in [0.2, 0.25) is 0 Å². The first-order chi connectivity index (χ1) is 11.7. The summed E-state index contributed by atoms with van der Waals surface area (Å²) in [6.07, 6.45) is 5.18. The van der Waals surface area contributed by atoms with Crippen LogP contribution in [0.1, 0.15) is 82.6 Å². The van der Waals surface area contributed by atoms with E-state index >= 15 is 0 Å². The Bertz CT molecular complexity index is 793. The molecule has 132 valence electrons. The predicted molar refractivity (Wildman–Crippen MR) is 107 cm³/mol. The molecule has 0 saturated carbocycles. The average molecular weight is 499 g/mol. The summed E-state index contributed by atoms with van der Waals surface area (Å²) >= 11 is -1.03. The summed E-state index contributed by atoms with van der Waals surface area (Å²) in [6, 6.07) is 4.92. The van der Waals surface area contributed by atoms with Gasteiger partial charge in [-0.1, -0.05) is 0 Å². The molecular weight excluding hydrogens is 467 g/mol. The number of rotatable bonds is 4. The van der Waals surface area contributed by atoms with E-state index in [9.17, 15) is 0 Å². The molecular formula is C24H32Hf. The van der Waals surface area contributed by atoms with Crippen molar-refractivity contribution in [3.63, 3.8) is 0 Å². The molecule has 0 nitrogen and oxygen atoms in total. The Balaban J connectivity index is 2.02. The fourth-order valence-corrected chi connectivity index (χ4v) is 11.8. The summed E-state index contributed by atoms with van der Waals surface area (Å²) < 4.78 is 2.23. The molecule has 1 aromatic carbocycles. The van der Waals surface area contributed by atoms with Crippen LogP contribution in [0.15, 0.2) is 37.8 Å². The van der Waals surface area contributed by atoms with Gasteiger partial charge in [-0.05, 0) is 0 Å². The van der Waals surface area contributed by atoms with Crippen molar-refractivity contribution in [3.8, 4) is 0 Å². The van der Waals surface area contributed by atoms with Crippen molar-refractivity contribution in [2.75, 3.05) is 0 Å². The predicted octanol–water partition coefficient (Wildman–Crippen LogP) is 7.49. The Labute approximate surface area is 165 Å². The molecule has 0 saturated heterocycles. The molecule has 25 heavy (non-hydrogen) atoms. The molecule has 0 aromatic heterocycles. The summed E-state index contributed by atoms with van der Waals surface area (Å²) in [5.74, 6) is 0.696. The molecule has 2 aliphatic rings. The molecule has 0 bridgehead atoms. The zero-order valence-electron chi connectivity index (χ0n) is 17.2. The Hall–Kier alpha value is -0.690. The number of fused-ring (bicyclic) bond motifs is 1. The van der Waals surface area contributed by atoms with Crippen molar-refractivity contribution in [2.24, 2.45) is 0 Å². The van der Waals surface area contributed by atoms with Gasteiger partial charge in [0, 0.05) is 0 Å². The van der Waals surface area contributed by atoms with E-state index < -0.39 is 22.9 Å². The number of allylic oxidation sites excluding steroid dienone is 5. The molecule has 0 aliphatic heterocycles. The minimum absolute atomic E-state index is 0.387. The molecule has 0 heterocycles. The van der Waals surface area contributed by atoms with Gasteiger partial charge in [0.15, 0.2) is 0 Å². The van der Waals surface area contributed by atoms with Crippen LogP contribution in [0, 0.1) is 13.8 Å². The third-order valence-electron chi connectivity index (χ3n) is 6.92. The summed E-state index contributed by atoms with van der Waals surface area (Å²) in [4.78, 5) is 0. The van der Waals surface area contributed by atoms with Crippen LogP contribution in [0.3, 0.4) is 0 Å². The fraction of sp³-hybridized carbons (Fsp3) is 0.500. The summed E-state index contributed by atoms with van der Waals surface area (Å²) in [5, 5.41) is 0. The second-order valence-electron chi connectivity index (χ2n) is 8.26. The normalized spacial score (nSPS) is 21.8. The number of hydrogen-bond acceptors (Lipinski definition) is 0. The maximum atomic E-state index is 2.60. The van der Waals surface area contributed by atoms with Crippen molar-refractivity contribution in [1.29, 1.82) is 0 Å². The van der Waals surface area contributed by atoms with E-state index in [1.165, 1.54) is 29.5 Å². The van der Waals surface area contributed by atoms with E-state index in [1.807, 2.05) is 3.33 Å². The maximum absolute atomic E-state index is 2.60. The number of hydrogen-bond donors (Lipinski definition) is 0. The van der Waals surface area contributed by atoms with E-state index in [1.54, 1.807) is 27.9 Å². The van der Waals surface area contributed by atoms with Crippen LogP contribution in [-0.4, -0.2) is 0 Å². The molecule has 3 rings (SSSR count). The van der Waals surface area contributed by atoms with E-state index in [2.05, 4.69) is 73.6 Å². The van der Waals surface area contributed by atoms with Gasteiger partial charge >= 0.3 is 166 Å². The first-order valence-electron chi connectivity index (χ1n) is 9.67. The van der Waals surface area contributed by atoms with Crippen molar-refractivity contribution < 1.29 is 22.9 Å². The van der Waals surface area contributed by atoms with E-state index in [4.69, 9.17) is 0 Å². The number of benzene rings is 1. The van der Waals surface area contributed by atoms with Gasteiger partial charge in [-0.3, -0.25) is 0 Å². The second-order valence-corrected chi connectivity index (χ2v) is 14.8. The van der Waals surface area contributed by atoms with Crippen LogP contribution in [0.4, 0.5) is 0 Å². The fourth-order valence-electron chi connectivity index (χ4n) is 4.52. The molecule has 2 aliphatic carbocycles. The summed E-state index contributed by atoms with van der Waals surface area (Å²) in [5.41, 5.74) is 12.5. The van der Waals surface area contributed by atoms with Crippen LogP contribution in [0.5, 0.6) is 0 Å². The van der Waals surface area contributed by atoms with Gasteiger partial charge in [-0.2, -0.15) is 0 Å². The van der Waals surface area contributed by atoms with E-state index in [0.717, 1.165) is 0 Å². The molecule has 0 N–H and O–H groups in total. The average Bonchev–Trinajstić information content (AvgIpc) is 2.95. The van der Waals surface area contributed by atoms with Gasteiger partial charge in [0.05, 0.1) is 0 Å². The molecule has 0 fully saturated rings. The monoisotopic (exact) mass is 500 g/mol. The molecule has 0 spiro atoms. The van der Waals surface area contributed by atoms with Crippen molar-refractivity contribution >= 4 is 6.08 Å². The summed E-state index contributed by atoms with van der Waals surface area (Å²) in [7, 11) is 0. The second kappa shape index (κ2) is 6.80. The van der Waals surface area contributed by atoms with E-state index in [-0.39, 0.29) is 0 Å². The van der Waals surface area contributed by atoms with Crippen LogP contribution < -0.4 is 0 Å². The standard InChI is InChI=1S/C14H17.C10H15.Hf/c1-4-5-12-6-7-13-8-10(2)11(3)9-14(12)13;1-6-7(2)9(4)10(5)8(6)3;/h7-9,12H,4-5H2,1-3H3;1-5H3;. The Kier molecular flexibility index (Phi) is 5.19. The van der Waals surface area contributed by atoms with Gasteiger partial charge in [0.1, 0.15) is 0 Å². The third-order valence-corrected chi connectivity index (χ3v) is 14.2. The SMILES string of the molecule is CCCC1[C]([Hf][C]2(C)C(C)=C(C)C(C)=C2C)=Cc2cc(C)c(C)cc21. The molecule has 1 aromatic rings. The van der Waals surface area contributed by atoms with Crippen molar-refractivity contribution in [2.45, 2.75) is 77.3 Å². The van der Waals surface area contributed by atoms with Crippen molar-refractivity contribution in [1.82, 2.24) is 0 Å². The minimum atomic E-state index is -1.03. The molecule has 1 heteroatoms. The van der Waals surface area contributed by atoms with Gasteiger partial charge in [-0.15, -0.1) is 0 Å². The molecule has 0 radical (unpaired) electrons. The zero-order valence-corrected chi connectivity index (χ0v) is 20.8. The molecule has 1 unspecified atom stereocenters. The van der Waals surface area contributed by atoms with Crippen LogP contribution in [0.2, 0.25) is 3.17 Å². The topological polar surface area (TPSA) is 0 Å². The van der Waals surface area contributed by atoms with Crippen LogP contribution in [-0.2, 0) is 22.9 Å². The quantitative estimate of drug-likeness (QED) is 0.377. The molecule has 1 atom stereocenters. The Morgan fingerprint density at radius 2 is 1.48 bits per heavy atom. The Morgan fingerprint density at radius 3 is 2.04 bits per heavy atom. The Morgan fingerprint density at radius 1 is 0.920 bits per heavy atom. The number of aryl methyl sites for hydroxylation is 2. The van der Waals surface area contributed by atoms with Crippen molar-refractivity contribution in [3.05, 3.63) is 60.0 Å². The first kappa shape index (κ1) is 19.1. The summed E-state index contributed by atoms with van der Waals surface area (Å²) in [6.45, 7) is 18.9. The van der Waals surface area contributed by atoms with Gasteiger partial charge < -0.3 is 0 Å². The first-order valence-corrected chi connectivity index (χ1v) is 13.3. The van der Waals surface area contributed by atoms with Gasteiger partial charge in [-0.25, -0.2) is 0 Å². The third kappa shape index (κ3) is 3.01. The van der Waals surface area contributed by atoms with E-state index in [0.29, 0.717) is 9.09 Å². The van der Waals surface area contributed by atoms with Crippen LogP contribution in [0.25, 0.3) is 6.08 Å². The van der Waals surface area contributed by atoms with Gasteiger partial charge in [0.25, 0.3) is 0 Å². The van der Waals surface area contributed by atoms with Crippen LogP contribution >= 0.6 is 0 Å². The molecule has 0 amide bonds.